The molecule has 0 aliphatic rings. The van der Waals surface area contributed by atoms with Gasteiger partial charge in [0.2, 0.25) is 0 Å². The van der Waals surface area contributed by atoms with Crippen LogP contribution in [-0.4, -0.2) is 24.1 Å². The number of esters is 1. The lowest BCUT2D eigenvalue weighted by Crippen LogP contribution is -2.15. The second-order valence-corrected chi connectivity index (χ2v) is 4.27. The number of nitro groups is 1. The molecule has 0 aliphatic heterocycles. The van der Waals surface area contributed by atoms with Crippen molar-refractivity contribution in [2.45, 2.75) is 13.8 Å². The molecule has 0 atom stereocenters. The summed E-state index contributed by atoms with van der Waals surface area (Å²) in [6.07, 6.45) is 0. The van der Waals surface area contributed by atoms with E-state index in [-0.39, 0.29) is 24.7 Å². The van der Waals surface area contributed by atoms with E-state index in [0.29, 0.717) is 4.47 Å². The molecule has 0 aliphatic carbocycles. The average molecular weight is 318 g/mol. The van der Waals surface area contributed by atoms with Gasteiger partial charge in [0.1, 0.15) is 0 Å². The molecule has 0 saturated heterocycles. The lowest BCUT2D eigenvalue weighted by atomic mass is 10.2. The van der Waals surface area contributed by atoms with Crippen LogP contribution >= 0.6 is 15.9 Å². The van der Waals surface area contributed by atoms with Crippen LogP contribution in [0.5, 0.6) is 5.75 Å². The second kappa shape index (κ2) is 6.34. The van der Waals surface area contributed by atoms with Gasteiger partial charge in [-0.25, -0.2) is 4.79 Å². The summed E-state index contributed by atoms with van der Waals surface area (Å²) >= 11 is 3.20. The van der Waals surface area contributed by atoms with E-state index in [1.54, 1.807) is 13.8 Å². The first-order valence-corrected chi connectivity index (χ1v) is 5.98. The van der Waals surface area contributed by atoms with E-state index in [0.717, 1.165) is 5.56 Å². The van der Waals surface area contributed by atoms with Crippen molar-refractivity contribution < 1.29 is 19.2 Å². The highest BCUT2D eigenvalue weighted by Crippen LogP contribution is 2.32. The highest BCUT2D eigenvalue weighted by molar-refractivity contribution is 9.10. The number of nitrogens with zero attached hydrogens (tertiary/aromatic N) is 1. The third-order valence-corrected chi connectivity index (χ3v) is 2.94. The Morgan fingerprint density at radius 2 is 2.17 bits per heavy atom. The van der Waals surface area contributed by atoms with Gasteiger partial charge in [-0.3, -0.25) is 10.1 Å². The Balaban J connectivity index is 2.90. The van der Waals surface area contributed by atoms with Gasteiger partial charge >= 0.3 is 11.7 Å². The SMILES string of the molecule is CCOC(=O)COc1cc(C)c(Br)cc1[N+](=O)[O-]. The fraction of sp³-hybridized carbons (Fsp3) is 0.364. The number of hydrogen-bond donors (Lipinski definition) is 0. The minimum atomic E-state index is -0.565. The second-order valence-electron chi connectivity index (χ2n) is 3.42. The number of carbonyl (C=O) groups excluding carboxylic acids is 1. The van der Waals surface area contributed by atoms with E-state index in [1.165, 1.54) is 12.1 Å². The Kier molecular flexibility index (Phi) is 5.08. The molecule has 0 N–H and O–H groups in total. The largest absolute Gasteiger partial charge is 0.475 e. The number of benzene rings is 1. The van der Waals surface area contributed by atoms with Crippen LogP contribution in [0.1, 0.15) is 12.5 Å². The van der Waals surface area contributed by atoms with Crippen LogP contribution < -0.4 is 4.74 Å². The normalized spacial score (nSPS) is 9.94. The topological polar surface area (TPSA) is 78.7 Å². The molecule has 0 amide bonds. The van der Waals surface area contributed by atoms with Crippen molar-refractivity contribution in [3.05, 3.63) is 32.3 Å². The Labute approximate surface area is 112 Å². The third kappa shape index (κ3) is 3.69. The molecule has 0 radical (unpaired) electrons. The van der Waals surface area contributed by atoms with Gasteiger partial charge in [-0.05, 0) is 25.5 Å². The van der Waals surface area contributed by atoms with E-state index in [2.05, 4.69) is 20.7 Å². The van der Waals surface area contributed by atoms with E-state index in [1.807, 2.05) is 0 Å². The van der Waals surface area contributed by atoms with E-state index < -0.39 is 10.9 Å². The molecular weight excluding hydrogens is 306 g/mol. The van der Waals surface area contributed by atoms with Crippen LogP contribution in [-0.2, 0) is 9.53 Å². The fourth-order valence-corrected chi connectivity index (χ4v) is 1.57. The molecule has 0 heterocycles. The summed E-state index contributed by atoms with van der Waals surface area (Å²) < 4.78 is 10.4. The van der Waals surface area contributed by atoms with Gasteiger partial charge in [0.25, 0.3) is 0 Å². The summed E-state index contributed by atoms with van der Waals surface area (Å²) in [4.78, 5) is 21.4. The molecule has 0 unspecified atom stereocenters. The maximum Gasteiger partial charge on any atom is 0.344 e. The summed E-state index contributed by atoms with van der Waals surface area (Å²) in [7, 11) is 0. The highest BCUT2D eigenvalue weighted by Gasteiger charge is 2.18. The summed E-state index contributed by atoms with van der Waals surface area (Å²) in [6, 6.07) is 2.84. The average Bonchev–Trinajstić information content (AvgIpc) is 2.30. The van der Waals surface area contributed by atoms with E-state index >= 15 is 0 Å². The Morgan fingerprint density at radius 3 is 2.72 bits per heavy atom. The molecule has 6 nitrogen and oxygen atoms in total. The monoisotopic (exact) mass is 317 g/mol. The number of aryl methyl sites for hydroxylation is 1. The van der Waals surface area contributed by atoms with Gasteiger partial charge in [-0.1, -0.05) is 15.9 Å². The zero-order chi connectivity index (χ0) is 13.7. The highest BCUT2D eigenvalue weighted by atomic mass is 79.9. The first kappa shape index (κ1) is 14.4. The predicted molar refractivity (Wildman–Crippen MR) is 67.7 cm³/mol. The minimum Gasteiger partial charge on any atom is -0.475 e. The molecule has 0 bridgehead atoms. The molecule has 1 aromatic carbocycles. The molecule has 0 aromatic heterocycles. The number of hydrogen-bond acceptors (Lipinski definition) is 5. The fourth-order valence-electron chi connectivity index (χ4n) is 1.24. The van der Waals surface area contributed by atoms with Crippen LogP contribution in [0.15, 0.2) is 16.6 Å². The standard InChI is InChI=1S/C11H12BrNO5/c1-3-17-11(14)6-18-10-4-7(2)8(12)5-9(10)13(15)16/h4-5H,3,6H2,1-2H3. The lowest BCUT2D eigenvalue weighted by molar-refractivity contribution is -0.385. The third-order valence-electron chi connectivity index (χ3n) is 2.09. The van der Waals surface area contributed by atoms with Gasteiger partial charge < -0.3 is 9.47 Å². The van der Waals surface area contributed by atoms with Crippen LogP contribution in [0.4, 0.5) is 5.69 Å². The van der Waals surface area contributed by atoms with Gasteiger partial charge in [-0.15, -0.1) is 0 Å². The Bertz CT molecular complexity index is 475. The molecule has 7 heteroatoms. The Hall–Kier alpha value is -1.63. The van der Waals surface area contributed by atoms with Gasteiger partial charge in [0.05, 0.1) is 11.5 Å². The van der Waals surface area contributed by atoms with Gasteiger partial charge in [0.15, 0.2) is 12.4 Å². The zero-order valence-corrected chi connectivity index (χ0v) is 11.5. The molecule has 0 fully saturated rings. The van der Waals surface area contributed by atoms with Crippen LogP contribution in [0.2, 0.25) is 0 Å². The summed E-state index contributed by atoms with van der Waals surface area (Å²) in [5, 5.41) is 10.8. The number of halogens is 1. The lowest BCUT2D eigenvalue weighted by Gasteiger charge is -2.08. The number of carbonyl (C=O) groups is 1. The number of rotatable bonds is 5. The van der Waals surface area contributed by atoms with E-state index in [4.69, 9.17) is 4.74 Å². The molecule has 98 valence electrons. The molecule has 1 rings (SSSR count). The number of ether oxygens (including phenoxy) is 2. The van der Waals surface area contributed by atoms with Crippen molar-refractivity contribution in [1.29, 1.82) is 0 Å². The molecule has 0 spiro atoms. The maximum absolute atomic E-state index is 11.1. The molecule has 1 aromatic rings. The van der Waals surface area contributed by atoms with Crippen LogP contribution in [0.3, 0.4) is 0 Å². The van der Waals surface area contributed by atoms with Crippen molar-refractivity contribution in [2.75, 3.05) is 13.2 Å². The van der Waals surface area contributed by atoms with Crippen molar-refractivity contribution in [1.82, 2.24) is 0 Å². The summed E-state index contributed by atoms with van der Waals surface area (Å²) in [5.41, 5.74) is 0.580. The van der Waals surface area contributed by atoms with Crippen LogP contribution in [0, 0.1) is 17.0 Å². The summed E-state index contributed by atoms with van der Waals surface area (Å²) in [6.45, 7) is 3.33. The van der Waals surface area contributed by atoms with Crippen molar-refractivity contribution in [3.63, 3.8) is 0 Å². The molecular formula is C11H12BrNO5. The minimum absolute atomic E-state index is 0.0498. The van der Waals surface area contributed by atoms with Crippen molar-refractivity contribution >= 4 is 27.6 Å². The smallest absolute Gasteiger partial charge is 0.344 e. The zero-order valence-electron chi connectivity index (χ0n) is 9.94. The predicted octanol–water partition coefficient (Wildman–Crippen LogP) is 2.61. The van der Waals surface area contributed by atoms with Crippen molar-refractivity contribution in [2.24, 2.45) is 0 Å². The first-order valence-electron chi connectivity index (χ1n) is 5.18. The quantitative estimate of drug-likeness (QED) is 0.474. The molecule has 0 saturated carbocycles. The molecule has 18 heavy (non-hydrogen) atoms. The van der Waals surface area contributed by atoms with Gasteiger partial charge in [0, 0.05) is 10.5 Å². The van der Waals surface area contributed by atoms with Gasteiger partial charge in [-0.2, -0.15) is 0 Å². The maximum atomic E-state index is 11.1. The Morgan fingerprint density at radius 1 is 1.50 bits per heavy atom. The number of nitro benzene ring substituents is 1. The first-order chi connectivity index (χ1) is 8.45. The van der Waals surface area contributed by atoms with Crippen molar-refractivity contribution in [3.8, 4) is 5.75 Å². The van der Waals surface area contributed by atoms with E-state index in [9.17, 15) is 14.9 Å². The van der Waals surface area contributed by atoms with Crippen LogP contribution in [0.25, 0.3) is 0 Å². The summed E-state index contributed by atoms with van der Waals surface area (Å²) in [5.74, 6) is -0.513.